The maximum absolute atomic E-state index is 16.5. The molecule has 5 heterocycles. The first-order valence-electron chi connectivity index (χ1n) is 14.1. The molecule has 14 heteroatoms. The number of nitrogens with zero attached hydrogens (tertiary/aromatic N) is 4. The molecule has 7 rings (SSSR count). The normalized spacial score (nSPS) is 26.1. The summed E-state index contributed by atoms with van der Waals surface area (Å²) >= 11 is 0.902. The van der Waals surface area contributed by atoms with E-state index in [1.54, 1.807) is 0 Å². The second-order valence-corrected chi connectivity index (χ2v) is 12.3. The third-order valence-corrected chi connectivity index (χ3v) is 9.67. The lowest BCUT2D eigenvalue weighted by Gasteiger charge is -2.30. The average Bonchev–Trinajstić information content (AvgIpc) is 3.73. The van der Waals surface area contributed by atoms with Crippen LogP contribution in [0.1, 0.15) is 38.2 Å². The molecular weight excluding hydrogens is 596 g/mol. The van der Waals surface area contributed by atoms with E-state index in [4.69, 9.17) is 9.47 Å². The third kappa shape index (κ3) is 4.87. The SMILES string of the molecule is CC1NCCC1Oc1nc(OCC23CCCN2CC(F)C3)nc2c(F)c(-c3ccc(F)c4scnc34)c(C(F)(F)F)cc12. The van der Waals surface area contributed by atoms with Crippen molar-refractivity contribution >= 4 is 32.5 Å². The summed E-state index contributed by atoms with van der Waals surface area (Å²) in [7, 11) is 0. The van der Waals surface area contributed by atoms with Gasteiger partial charge in [0.05, 0.1) is 32.2 Å². The van der Waals surface area contributed by atoms with Gasteiger partial charge < -0.3 is 14.8 Å². The number of benzene rings is 2. The van der Waals surface area contributed by atoms with Crippen LogP contribution in [0, 0.1) is 11.6 Å². The van der Waals surface area contributed by atoms with E-state index in [-0.39, 0.29) is 52.1 Å². The fraction of sp³-hybridized carbons (Fsp3) is 0.483. The molecule has 1 N–H and O–H groups in total. The van der Waals surface area contributed by atoms with Crippen LogP contribution >= 0.6 is 11.3 Å². The van der Waals surface area contributed by atoms with E-state index in [2.05, 4.69) is 20.3 Å². The molecule has 3 saturated heterocycles. The first kappa shape index (κ1) is 28.5. The molecule has 0 bridgehead atoms. The molecule has 4 unspecified atom stereocenters. The first-order chi connectivity index (χ1) is 20.5. The summed E-state index contributed by atoms with van der Waals surface area (Å²) in [6.07, 6.45) is -4.03. The Hall–Kier alpha value is -3.23. The van der Waals surface area contributed by atoms with Gasteiger partial charge in [-0.1, -0.05) is 0 Å². The molecule has 2 aromatic carbocycles. The van der Waals surface area contributed by atoms with E-state index >= 15 is 4.39 Å². The van der Waals surface area contributed by atoms with E-state index in [9.17, 15) is 22.0 Å². The van der Waals surface area contributed by atoms with E-state index in [0.717, 1.165) is 42.5 Å². The molecule has 0 aliphatic carbocycles. The average molecular weight is 624 g/mol. The Morgan fingerprint density at radius 2 is 2.02 bits per heavy atom. The van der Waals surface area contributed by atoms with Crippen molar-refractivity contribution < 1.29 is 35.8 Å². The Kier molecular flexibility index (Phi) is 6.93. The van der Waals surface area contributed by atoms with E-state index in [1.807, 2.05) is 11.8 Å². The molecule has 0 spiro atoms. The van der Waals surface area contributed by atoms with Gasteiger partial charge in [-0.15, -0.1) is 11.3 Å². The minimum absolute atomic E-state index is 0.00618. The van der Waals surface area contributed by atoms with E-state index in [1.165, 1.54) is 5.51 Å². The number of halogens is 6. The highest BCUT2D eigenvalue weighted by Gasteiger charge is 2.49. The summed E-state index contributed by atoms with van der Waals surface area (Å²) in [6.45, 7) is 3.55. The minimum atomic E-state index is -4.99. The fourth-order valence-electron chi connectivity index (χ4n) is 6.73. The van der Waals surface area contributed by atoms with Crippen molar-refractivity contribution in [2.75, 3.05) is 26.2 Å². The second-order valence-electron chi connectivity index (χ2n) is 11.5. The number of alkyl halides is 4. The van der Waals surface area contributed by atoms with Gasteiger partial charge in [-0.05, 0) is 57.5 Å². The topological polar surface area (TPSA) is 72.4 Å². The van der Waals surface area contributed by atoms with Crippen molar-refractivity contribution in [1.82, 2.24) is 25.2 Å². The molecule has 228 valence electrons. The number of ether oxygens (including phenoxy) is 2. The Bertz CT molecular complexity index is 1720. The van der Waals surface area contributed by atoms with Gasteiger partial charge in [-0.3, -0.25) is 4.90 Å². The Morgan fingerprint density at radius 3 is 2.79 bits per heavy atom. The number of fused-ring (bicyclic) bond motifs is 3. The van der Waals surface area contributed by atoms with E-state index < -0.39 is 52.3 Å². The lowest BCUT2D eigenvalue weighted by molar-refractivity contribution is -0.137. The van der Waals surface area contributed by atoms with Crippen LogP contribution in [-0.2, 0) is 6.18 Å². The highest BCUT2D eigenvalue weighted by molar-refractivity contribution is 7.16. The zero-order valence-electron chi connectivity index (χ0n) is 23.0. The largest absolute Gasteiger partial charge is 0.472 e. The fourth-order valence-corrected chi connectivity index (χ4v) is 7.45. The molecule has 2 aromatic heterocycles. The molecule has 0 amide bonds. The van der Waals surface area contributed by atoms with Gasteiger partial charge in [0.1, 0.15) is 30.2 Å². The van der Waals surface area contributed by atoms with Gasteiger partial charge in [0, 0.05) is 30.1 Å². The van der Waals surface area contributed by atoms with Gasteiger partial charge >= 0.3 is 12.2 Å². The Morgan fingerprint density at radius 1 is 1.19 bits per heavy atom. The lowest BCUT2D eigenvalue weighted by Crippen LogP contribution is -2.43. The van der Waals surface area contributed by atoms with Crippen LogP contribution in [0.3, 0.4) is 0 Å². The molecule has 4 atom stereocenters. The van der Waals surface area contributed by atoms with Crippen molar-refractivity contribution in [2.24, 2.45) is 0 Å². The summed E-state index contributed by atoms with van der Waals surface area (Å²) < 4.78 is 101. The van der Waals surface area contributed by atoms with Crippen LogP contribution in [0.5, 0.6) is 11.9 Å². The monoisotopic (exact) mass is 623 g/mol. The molecule has 0 saturated carbocycles. The van der Waals surface area contributed by atoms with Gasteiger partial charge in [0.2, 0.25) is 5.88 Å². The van der Waals surface area contributed by atoms with Gasteiger partial charge in [-0.2, -0.15) is 23.1 Å². The summed E-state index contributed by atoms with van der Waals surface area (Å²) in [5.74, 6) is -2.21. The standard InChI is InChI=1S/C29H27F6N5O2S/c1-14-20(5-7-36-14)42-26-17-9-18(29(33,34)35)21(16-3-4-19(31)25-24(16)37-13-43-25)22(32)23(17)38-27(39-26)41-12-28-6-2-8-40(28)11-15(30)10-28/h3-4,9,13-15,20,36H,2,5-8,10-12H2,1H3. The molecule has 3 aliphatic heterocycles. The smallest absolute Gasteiger partial charge is 0.417 e. The molecule has 3 aliphatic rings. The maximum Gasteiger partial charge on any atom is 0.417 e. The number of aromatic nitrogens is 3. The van der Waals surface area contributed by atoms with Crippen LogP contribution in [0.25, 0.3) is 32.2 Å². The molecule has 4 aromatic rings. The zero-order valence-corrected chi connectivity index (χ0v) is 23.8. The van der Waals surface area contributed by atoms with Crippen molar-refractivity contribution in [2.45, 2.75) is 62.6 Å². The van der Waals surface area contributed by atoms with Crippen LogP contribution in [0.15, 0.2) is 23.7 Å². The lowest BCUT2D eigenvalue weighted by atomic mass is 9.95. The maximum atomic E-state index is 16.5. The van der Waals surface area contributed by atoms with E-state index in [0.29, 0.717) is 25.9 Å². The van der Waals surface area contributed by atoms with Crippen LogP contribution in [0.4, 0.5) is 26.3 Å². The number of hydrogen-bond donors (Lipinski definition) is 1. The van der Waals surface area contributed by atoms with Crippen LogP contribution in [0.2, 0.25) is 0 Å². The van der Waals surface area contributed by atoms with Crippen molar-refractivity contribution in [3.63, 3.8) is 0 Å². The molecule has 7 nitrogen and oxygen atoms in total. The number of nitrogens with one attached hydrogen (secondary N) is 1. The molecule has 43 heavy (non-hydrogen) atoms. The van der Waals surface area contributed by atoms with Gasteiger partial charge in [0.25, 0.3) is 0 Å². The highest BCUT2D eigenvalue weighted by atomic mass is 32.1. The van der Waals surface area contributed by atoms with Gasteiger partial charge in [-0.25, -0.2) is 18.2 Å². The number of hydrogen-bond acceptors (Lipinski definition) is 8. The second kappa shape index (κ2) is 10.4. The van der Waals surface area contributed by atoms with Crippen molar-refractivity contribution in [3.05, 3.63) is 40.9 Å². The minimum Gasteiger partial charge on any atom is -0.472 e. The van der Waals surface area contributed by atoms with Gasteiger partial charge in [0.15, 0.2) is 5.82 Å². The number of rotatable bonds is 6. The van der Waals surface area contributed by atoms with Crippen LogP contribution < -0.4 is 14.8 Å². The summed E-state index contributed by atoms with van der Waals surface area (Å²) in [5.41, 5.74) is -2.12. The molecular formula is C29H27F6N5O2S. The predicted octanol–water partition coefficient (Wildman–Crippen LogP) is 6.29. The summed E-state index contributed by atoms with van der Waals surface area (Å²) in [5, 5.41) is 2.93. The summed E-state index contributed by atoms with van der Waals surface area (Å²) in [4.78, 5) is 14.6. The zero-order chi connectivity index (χ0) is 30.1. The predicted molar refractivity (Wildman–Crippen MR) is 148 cm³/mol. The van der Waals surface area contributed by atoms with Crippen molar-refractivity contribution in [3.8, 4) is 23.0 Å². The quantitative estimate of drug-likeness (QED) is 0.253. The third-order valence-electron chi connectivity index (χ3n) is 8.83. The summed E-state index contributed by atoms with van der Waals surface area (Å²) in [6, 6.07) is 2.42. The number of thiazole rings is 1. The first-order valence-corrected chi connectivity index (χ1v) is 15.0. The van der Waals surface area contributed by atoms with Crippen molar-refractivity contribution in [1.29, 1.82) is 0 Å². The Labute approximate surface area is 246 Å². The highest BCUT2D eigenvalue weighted by Crippen LogP contribution is 2.46. The Balaban J connectivity index is 1.40. The molecule has 3 fully saturated rings. The van der Waals surface area contributed by atoms with Crippen LogP contribution in [-0.4, -0.2) is 69.9 Å². The molecule has 0 radical (unpaired) electrons.